The lowest BCUT2D eigenvalue weighted by Crippen LogP contribution is -2.39. The van der Waals surface area contributed by atoms with Gasteiger partial charge in [0.25, 0.3) is 0 Å². The highest BCUT2D eigenvalue weighted by Gasteiger charge is 2.18. The van der Waals surface area contributed by atoms with Crippen LogP contribution in [0.25, 0.3) is 10.9 Å². The van der Waals surface area contributed by atoms with Gasteiger partial charge < -0.3 is 14.2 Å². The molecule has 3 aromatic rings. The van der Waals surface area contributed by atoms with Crippen LogP contribution < -0.4 is 0 Å². The molecule has 3 heterocycles. The molecule has 6 heteroatoms. The van der Waals surface area contributed by atoms with Crippen molar-refractivity contribution in [2.24, 2.45) is 0 Å². The van der Waals surface area contributed by atoms with Crippen molar-refractivity contribution in [2.45, 2.75) is 26.4 Å². The molecule has 1 amide bonds. The van der Waals surface area contributed by atoms with Gasteiger partial charge in [0.1, 0.15) is 6.54 Å². The van der Waals surface area contributed by atoms with Crippen molar-refractivity contribution in [1.82, 2.24) is 19.4 Å². The summed E-state index contributed by atoms with van der Waals surface area (Å²) in [7, 11) is 0. The van der Waals surface area contributed by atoms with Crippen molar-refractivity contribution >= 4 is 16.8 Å². The standard InChI is InChI=1S/C24H30N4O2/c1-20-17-22-5-2-3-6-23(22)28(20)19-24(29)27(18-21-7-9-25-10-8-21)12-4-11-26-13-15-30-16-14-26/h2-3,5-10,17H,4,11-16,18-19H2,1H3. The van der Waals surface area contributed by atoms with E-state index < -0.39 is 0 Å². The summed E-state index contributed by atoms with van der Waals surface area (Å²) in [6.07, 6.45) is 4.53. The van der Waals surface area contributed by atoms with Gasteiger partial charge in [0.15, 0.2) is 0 Å². The Morgan fingerprint density at radius 3 is 2.70 bits per heavy atom. The summed E-state index contributed by atoms with van der Waals surface area (Å²) >= 11 is 0. The van der Waals surface area contributed by atoms with Crippen LogP contribution in [0.2, 0.25) is 0 Å². The van der Waals surface area contributed by atoms with E-state index in [0.29, 0.717) is 13.1 Å². The van der Waals surface area contributed by atoms with Crippen LogP contribution in [0, 0.1) is 6.92 Å². The average molecular weight is 407 g/mol. The van der Waals surface area contributed by atoms with Gasteiger partial charge in [-0.15, -0.1) is 0 Å². The number of para-hydroxylation sites is 1. The van der Waals surface area contributed by atoms with Gasteiger partial charge in [-0.1, -0.05) is 18.2 Å². The Morgan fingerprint density at radius 1 is 1.13 bits per heavy atom. The number of aromatic nitrogens is 2. The number of carbonyl (C=O) groups excluding carboxylic acids is 1. The molecular weight excluding hydrogens is 376 g/mol. The van der Waals surface area contributed by atoms with Gasteiger partial charge >= 0.3 is 0 Å². The Morgan fingerprint density at radius 2 is 1.90 bits per heavy atom. The zero-order valence-corrected chi connectivity index (χ0v) is 17.7. The lowest BCUT2D eigenvalue weighted by atomic mass is 10.2. The van der Waals surface area contributed by atoms with Gasteiger partial charge in [-0.3, -0.25) is 14.7 Å². The molecule has 6 nitrogen and oxygen atoms in total. The van der Waals surface area contributed by atoms with Gasteiger partial charge in [0, 0.05) is 56.3 Å². The highest BCUT2D eigenvalue weighted by Crippen LogP contribution is 2.19. The van der Waals surface area contributed by atoms with Crippen LogP contribution >= 0.6 is 0 Å². The summed E-state index contributed by atoms with van der Waals surface area (Å²) in [5.41, 5.74) is 3.33. The van der Waals surface area contributed by atoms with Crippen molar-refractivity contribution < 1.29 is 9.53 Å². The predicted octanol–water partition coefficient (Wildman–Crippen LogP) is 3.10. The molecule has 0 unspecified atom stereocenters. The summed E-state index contributed by atoms with van der Waals surface area (Å²) in [4.78, 5) is 21.9. The molecule has 0 bridgehead atoms. The third kappa shape index (κ3) is 5.07. The molecule has 1 saturated heterocycles. The summed E-state index contributed by atoms with van der Waals surface area (Å²) in [6, 6.07) is 14.4. The fraction of sp³-hybridized carbons (Fsp3) is 0.417. The minimum Gasteiger partial charge on any atom is -0.379 e. The highest BCUT2D eigenvalue weighted by molar-refractivity contribution is 5.84. The van der Waals surface area contributed by atoms with E-state index in [9.17, 15) is 4.79 Å². The molecule has 0 radical (unpaired) electrons. The van der Waals surface area contributed by atoms with Crippen molar-refractivity contribution in [3.05, 3.63) is 66.1 Å². The van der Waals surface area contributed by atoms with Gasteiger partial charge in [-0.25, -0.2) is 0 Å². The van der Waals surface area contributed by atoms with Crippen molar-refractivity contribution in [3.63, 3.8) is 0 Å². The van der Waals surface area contributed by atoms with E-state index in [1.54, 1.807) is 12.4 Å². The maximum Gasteiger partial charge on any atom is 0.242 e. The number of carbonyl (C=O) groups is 1. The third-order valence-corrected chi connectivity index (χ3v) is 5.79. The second kappa shape index (κ2) is 9.87. The average Bonchev–Trinajstić information content (AvgIpc) is 3.09. The predicted molar refractivity (Wildman–Crippen MR) is 118 cm³/mol. The molecular formula is C24H30N4O2. The first-order valence-electron chi connectivity index (χ1n) is 10.7. The number of amides is 1. The Labute approximate surface area is 178 Å². The quantitative estimate of drug-likeness (QED) is 0.577. The molecule has 158 valence electrons. The summed E-state index contributed by atoms with van der Waals surface area (Å²) in [6.45, 7) is 8.36. The topological polar surface area (TPSA) is 50.6 Å². The smallest absolute Gasteiger partial charge is 0.242 e. The van der Waals surface area contributed by atoms with Crippen LogP contribution in [-0.4, -0.2) is 64.7 Å². The molecule has 4 rings (SSSR count). The minimum atomic E-state index is 0.151. The molecule has 0 atom stereocenters. The van der Waals surface area contributed by atoms with Crippen LogP contribution in [-0.2, 0) is 22.6 Å². The van der Waals surface area contributed by atoms with Crippen molar-refractivity contribution in [1.29, 1.82) is 0 Å². The van der Waals surface area contributed by atoms with Gasteiger partial charge in [-0.2, -0.15) is 0 Å². The highest BCUT2D eigenvalue weighted by atomic mass is 16.5. The fourth-order valence-electron chi connectivity index (χ4n) is 4.10. The van der Waals surface area contributed by atoms with E-state index >= 15 is 0 Å². The molecule has 0 spiro atoms. The van der Waals surface area contributed by atoms with E-state index in [1.807, 2.05) is 29.2 Å². The van der Waals surface area contributed by atoms with E-state index in [2.05, 4.69) is 39.6 Å². The molecule has 30 heavy (non-hydrogen) atoms. The Balaban J connectivity index is 1.45. The first-order valence-corrected chi connectivity index (χ1v) is 10.7. The number of aryl methyl sites for hydroxylation is 1. The first kappa shape index (κ1) is 20.6. The molecule has 1 fully saturated rings. The lowest BCUT2D eigenvalue weighted by Gasteiger charge is -2.28. The summed E-state index contributed by atoms with van der Waals surface area (Å²) in [5, 5.41) is 1.18. The van der Waals surface area contributed by atoms with Gasteiger partial charge in [0.05, 0.1) is 13.2 Å². The Kier molecular flexibility index (Phi) is 6.77. The largest absolute Gasteiger partial charge is 0.379 e. The molecule has 0 saturated carbocycles. The molecule has 2 aromatic heterocycles. The van der Waals surface area contributed by atoms with Crippen molar-refractivity contribution in [3.8, 4) is 0 Å². The maximum absolute atomic E-state index is 13.3. The van der Waals surface area contributed by atoms with E-state index in [0.717, 1.165) is 62.6 Å². The normalized spacial score (nSPS) is 14.8. The number of nitrogens with zero attached hydrogens (tertiary/aromatic N) is 4. The monoisotopic (exact) mass is 406 g/mol. The van der Waals surface area contributed by atoms with Gasteiger partial charge in [0.2, 0.25) is 5.91 Å². The number of morpholine rings is 1. The number of fused-ring (bicyclic) bond motifs is 1. The number of rotatable bonds is 8. The second-order valence-corrected chi connectivity index (χ2v) is 7.91. The Bertz CT molecular complexity index is 964. The lowest BCUT2D eigenvalue weighted by molar-refractivity contribution is -0.132. The summed E-state index contributed by atoms with van der Waals surface area (Å²) in [5.74, 6) is 0.151. The zero-order chi connectivity index (χ0) is 20.8. The van der Waals surface area contributed by atoms with Crippen LogP contribution in [0.1, 0.15) is 17.7 Å². The third-order valence-electron chi connectivity index (χ3n) is 5.79. The molecule has 1 aromatic carbocycles. The minimum absolute atomic E-state index is 0.151. The SMILES string of the molecule is Cc1cc2ccccc2n1CC(=O)N(CCCN1CCOCC1)Cc1ccncc1. The van der Waals surface area contributed by atoms with E-state index in [4.69, 9.17) is 4.74 Å². The van der Waals surface area contributed by atoms with Crippen molar-refractivity contribution in [2.75, 3.05) is 39.4 Å². The molecule has 0 N–H and O–H groups in total. The van der Waals surface area contributed by atoms with E-state index in [1.165, 1.54) is 5.39 Å². The molecule has 0 aliphatic carbocycles. The number of hydrogen-bond acceptors (Lipinski definition) is 4. The first-order chi connectivity index (χ1) is 14.7. The second-order valence-electron chi connectivity index (χ2n) is 7.91. The van der Waals surface area contributed by atoms with Crippen LogP contribution in [0.5, 0.6) is 0 Å². The van der Waals surface area contributed by atoms with Crippen LogP contribution in [0.4, 0.5) is 0 Å². The van der Waals surface area contributed by atoms with Crippen LogP contribution in [0.15, 0.2) is 54.9 Å². The fourth-order valence-corrected chi connectivity index (χ4v) is 4.10. The molecule has 1 aliphatic rings. The van der Waals surface area contributed by atoms with Gasteiger partial charge in [-0.05, 0) is 48.6 Å². The maximum atomic E-state index is 13.3. The number of hydrogen-bond donors (Lipinski definition) is 0. The van der Waals surface area contributed by atoms with E-state index in [-0.39, 0.29) is 5.91 Å². The molecule has 1 aliphatic heterocycles. The summed E-state index contributed by atoms with van der Waals surface area (Å²) < 4.78 is 7.56. The Hall–Kier alpha value is -2.70. The number of benzene rings is 1. The number of ether oxygens (including phenoxy) is 1. The van der Waals surface area contributed by atoms with Crippen LogP contribution in [0.3, 0.4) is 0 Å². The zero-order valence-electron chi connectivity index (χ0n) is 17.7. The number of pyridine rings is 1.